The number of carbonyl (C=O) groups is 2. The maximum absolute atomic E-state index is 11.3. The molecule has 17 heavy (non-hydrogen) atoms. The van der Waals surface area contributed by atoms with Crippen molar-refractivity contribution in [1.82, 2.24) is 15.5 Å². The Morgan fingerprint density at radius 1 is 1.35 bits per heavy atom. The van der Waals surface area contributed by atoms with Crippen LogP contribution in [-0.4, -0.2) is 66.4 Å². The molecular formula is C10H21N3O4. The first kappa shape index (κ1) is 15.7. The average Bonchev–Trinajstić information content (AvgIpc) is 2.22. The summed E-state index contributed by atoms with van der Waals surface area (Å²) in [5.41, 5.74) is 0. The van der Waals surface area contributed by atoms with Gasteiger partial charge in [0.25, 0.3) is 0 Å². The molecule has 4 N–H and O–H groups in total. The van der Waals surface area contributed by atoms with Crippen LogP contribution in [0.4, 0.5) is 4.79 Å². The number of carbonyl (C=O) groups excluding carboxylic acids is 1. The molecule has 2 amide bonds. The number of nitrogens with one attached hydrogen (secondary N) is 2. The van der Waals surface area contributed by atoms with Gasteiger partial charge in [-0.05, 0) is 34.0 Å². The summed E-state index contributed by atoms with van der Waals surface area (Å²) in [6, 6.07) is -0.490. The fourth-order valence-corrected chi connectivity index (χ4v) is 1.08. The quantitative estimate of drug-likeness (QED) is 0.465. The van der Waals surface area contributed by atoms with Gasteiger partial charge in [0.15, 0.2) is 6.10 Å². The second-order valence-electron chi connectivity index (χ2n) is 4.20. The molecule has 0 saturated carbocycles. The second kappa shape index (κ2) is 7.86. The van der Waals surface area contributed by atoms with E-state index in [2.05, 4.69) is 10.6 Å². The first-order chi connectivity index (χ1) is 7.82. The highest BCUT2D eigenvalue weighted by Gasteiger charge is 2.14. The van der Waals surface area contributed by atoms with Crippen LogP contribution in [0.2, 0.25) is 0 Å². The lowest BCUT2D eigenvalue weighted by molar-refractivity contribution is -0.146. The molecule has 7 nitrogen and oxygen atoms in total. The molecule has 0 aromatic carbocycles. The number of carboxylic acids is 1. The molecular weight excluding hydrogens is 226 g/mol. The maximum atomic E-state index is 11.3. The van der Waals surface area contributed by atoms with Crippen LogP contribution in [0.1, 0.15) is 13.3 Å². The van der Waals surface area contributed by atoms with E-state index < -0.39 is 18.1 Å². The summed E-state index contributed by atoms with van der Waals surface area (Å²) in [6.07, 6.45) is -0.778. The number of aliphatic hydroxyl groups excluding tert-OH is 1. The molecule has 0 radical (unpaired) electrons. The highest BCUT2D eigenvalue weighted by Crippen LogP contribution is 1.91. The van der Waals surface area contributed by atoms with Crippen molar-refractivity contribution < 1.29 is 19.8 Å². The van der Waals surface area contributed by atoms with Crippen LogP contribution in [-0.2, 0) is 4.79 Å². The summed E-state index contributed by atoms with van der Waals surface area (Å²) < 4.78 is 0. The fraction of sp³-hybridized carbons (Fsp3) is 0.800. The fourth-order valence-electron chi connectivity index (χ4n) is 1.08. The first-order valence-electron chi connectivity index (χ1n) is 5.43. The van der Waals surface area contributed by atoms with Gasteiger partial charge in [0.1, 0.15) is 0 Å². The molecule has 0 rings (SSSR count). The highest BCUT2D eigenvalue weighted by atomic mass is 16.4. The summed E-state index contributed by atoms with van der Waals surface area (Å²) >= 11 is 0. The predicted molar refractivity (Wildman–Crippen MR) is 62.8 cm³/mol. The Labute approximate surface area is 101 Å². The van der Waals surface area contributed by atoms with Gasteiger partial charge in [-0.2, -0.15) is 0 Å². The van der Waals surface area contributed by atoms with Crippen LogP contribution < -0.4 is 10.6 Å². The Kier molecular flexibility index (Phi) is 7.24. The lowest BCUT2D eigenvalue weighted by Crippen LogP contribution is -2.45. The Morgan fingerprint density at radius 3 is 2.41 bits per heavy atom. The van der Waals surface area contributed by atoms with Gasteiger partial charge in [-0.25, -0.2) is 9.59 Å². The van der Waals surface area contributed by atoms with E-state index in [1.165, 1.54) is 0 Å². The highest BCUT2D eigenvalue weighted by molar-refractivity contribution is 5.76. The molecule has 1 unspecified atom stereocenters. The molecule has 0 fully saturated rings. The molecule has 100 valence electrons. The summed E-state index contributed by atoms with van der Waals surface area (Å²) in [7, 11) is 3.88. The van der Waals surface area contributed by atoms with Crippen LogP contribution in [0, 0.1) is 0 Å². The van der Waals surface area contributed by atoms with Crippen LogP contribution in [0.15, 0.2) is 0 Å². The topological polar surface area (TPSA) is 102 Å². The number of hydrogen-bond acceptors (Lipinski definition) is 4. The summed E-state index contributed by atoms with van der Waals surface area (Å²) in [5.74, 6) is -1.36. The average molecular weight is 247 g/mol. The third-order valence-corrected chi connectivity index (χ3v) is 2.13. The SMILES string of the molecule is CC(CCN(C)C)NC(=O)NC[C@H](O)C(=O)O. The van der Waals surface area contributed by atoms with Crippen molar-refractivity contribution in [2.45, 2.75) is 25.5 Å². The van der Waals surface area contributed by atoms with E-state index in [0.717, 1.165) is 13.0 Å². The van der Waals surface area contributed by atoms with Crippen molar-refractivity contribution in [2.24, 2.45) is 0 Å². The van der Waals surface area contributed by atoms with Crippen LogP contribution >= 0.6 is 0 Å². The molecule has 0 heterocycles. The van der Waals surface area contributed by atoms with Gasteiger partial charge in [-0.15, -0.1) is 0 Å². The number of carboxylic acid groups (broad SMARTS) is 1. The molecule has 2 atom stereocenters. The van der Waals surface area contributed by atoms with Gasteiger partial charge in [-0.1, -0.05) is 0 Å². The van der Waals surface area contributed by atoms with Crippen molar-refractivity contribution in [3.05, 3.63) is 0 Å². The number of hydrogen-bond donors (Lipinski definition) is 4. The minimum Gasteiger partial charge on any atom is -0.479 e. The molecule has 0 aliphatic heterocycles. The van der Waals surface area contributed by atoms with Crippen LogP contribution in [0.3, 0.4) is 0 Å². The zero-order valence-corrected chi connectivity index (χ0v) is 10.4. The Morgan fingerprint density at radius 2 is 1.94 bits per heavy atom. The van der Waals surface area contributed by atoms with Crippen molar-refractivity contribution in [3.63, 3.8) is 0 Å². The number of aliphatic hydroxyl groups is 1. The lowest BCUT2D eigenvalue weighted by atomic mass is 10.2. The summed E-state index contributed by atoms with van der Waals surface area (Å²) in [5, 5.41) is 22.3. The molecule has 0 aliphatic carbocycles. The zero-order chi connectivity index (χ0) is 13.4. The van der Waals surface area contributed by atoms with Gasteiger partial charge in [0.2, 0.25) is 0 Å². The minimum atomic E-state index is -1.57. The molecule has 0 bridgehead atoms. The van der Waals surface area contributed by atoms with E-state index >= 15 is 0 Å². The number of aliphatic carboxylic acids is 1. The van der Waals surface area contributed by atoms with E-state index in [9.17, 15) is 9.59 Å². The predicted octanol–water partition coefficient (Wildman–Crippen LogP) is -0.929. The largest absolute Gasteiger partial charge is 0.479 e. The molecule has 7 heteroatoms. The smallest absolute Gasteiger partial charge is 0.334 e. The van der Waals surface area contributed by atoms with E-state index in [-0.39, 0.29) is 12.6 Å². The second-order valence-corrected chi connectivity index (χ2v) is 4.20. The standard InChI is InChI=1S/C10H21N3O4/c1-7(4-5-13(2)3)12-10(17)11-6-8(14)9(15)16/h7-8,14H,4-6H2,1-3H3,(H,15,16)(H2,11,12,17)/t7?,8-/m0/s1. The Balaban J connectivity index is 3.74. The lowest BCUT2D eigenvalue weighted by Gasteiger charge is -2.17. The van der Waals surface area contributed by atoms with Crippen LogP contribution in [0.25, 0.3) is 0 Å². The Hall–Kier alpha value is -1.34. The number of nitrogens with zero attached hydrogens (tertiary/aromatic N) is 1. The van der Waals surface area contributed by atoms with Gasteiger partial charge < -0.3 is 25.7 Å². The van der Waals surface area contributed by atoms with Crippen LogP contribution in [0.5, 0.6) is 0 Å². The maximum Gasteiger partial charge on any atom is 0.334 e. The van der Waals surface area contributed by atoms with E-state index in [1.54, 1.807) is 0 Å². The Bertz CT molecular complexity index is 258. The van der Waals surface area contributed by atoms with E-state index in [1.807, 2.05) is 25.9 Å². The number of rotatable bonds is 7. The van der Waals surface area contributed by atoms with E-state index in [0.29, 0.717) is 0 Å². The van der Waals surface area contributed by atoms with E-state index in [4.69, 9.17) is 10.2 Å². The third-order valence-electron chi connectivity index (χ3n) is 2.13. The normalized spacial score (nSPS) is 14.2. The number of urea groups is 1. The molecule has 0 spiro atoms. The summed E-state index contributed by atoms with van der Waals surface area (Å²) in [4.78, 5) is 23.6. The number of amides is 2. The van der Waals surface area contributed by atoms with Gasteiger partial charge >= 0.3 is 12.0 Å². The van der Waals surface area contributed by atoms with Gasteiger partial charge in [0.05, 0.1) is 6.54 Å². The van der Waals surface area contributed by atoms with Crippen molar-refractivity contribution in [2.75, 3.05) is 27.2 Å². The molecule has 0 aliphatic rings. The van der Waals surface area contributed by atoms with Crippen molar-refractivity contribution in [3.8, 4) is 0 Å². The van der Waals surface area contributed by atoms with Gasteiger partial charge in [-0.3, -0.25) is 0 Å². The zero-order valence-electron chi connectivity index (χ0n) is 10.4. The minimum absolute atomic E-state index is 0.0145. The van der Waals surface area contributed by atoms with Crippen molar-refractivity contribution >= 4 is 12.0 Å². The molecule has 0 saturated heterocycles. The molecule has 0 aromatic heterocycles. The third kappa shape index (κ3) is 8.47. The van der Waals surface area contributed by atoms with Gasteiger partial charge in [0, 0.05) is 6.04 Å². The first-order valence-corrected chi connectivity index (χ1v) is 5.43. The van der Waals surface area contributed by atoms with Crippen molar-refractivity contribution in [1.29, 1.82) is 0 Å². The monoisotopic (exact) mass is 247 g/mol. The molecule has 0 aromatic rings. The summed E-state index contributed by atoms with van der Waals surface area (Å²) in [6.45, 7) is 2.40.